The summed E-state index contributed by atoms with van der Waals surface area (Å²) in [6.45, 7) is 7.04. The minimum absolute atomic E-state index is 0.0171. The molecule has 2 saturated heterocycles. The molecule has 5 N–H and O–H groups in total. The number of likely N-dealkylation sites (tertiary alicyclic amines) is 1. The van der Waals surface area contributed by atoms with Crippen LogP contribution in [0.2, 0.25) is 0 Å². The number of piperazine rings is 1. The number of likely N-dealkylation sites (N-methyl/N-ethyl adjacent to an activating group) is 1. The van der Waals surface area contributed by atoms with Crippen molar-refractivity contribution in [3.05, 3.63) is 40.0 Å². The summed E-state index contributed by atoms with van der Waals surface area (Å²) in [6.07, 6.45) is 9.38. The molecule has 256 valence electrons. The number of rotatable bonds is 9. The number of thiophene rings is 1. The molecule has 2 aliphatic heterocycles. The number of fused-ring (bicyclic) bond motifs is 1. The minimum Gasteiger partial charge on any atom is -0.581 e. The summed E-state index contributed by atoms with van der Waals surface area (Å²) >= 11 is 1.40. The third-order valence-corrected chi connectivity index (χ3v) is 11.5. The number of hydrogen-bond acceptors (Lipinski definition) is 11. The number of nitrogens with two attached hydrogens (primary N) is 1. The molecular formula is C34H46N9O4S+. The van der Waals surface area contributed by atoms with E-state index in [1.165, 1.54) is 11.3 Å². The number of amidine groups is 1. The molecule has 2 aromatic heterocycles. The Morgan fingerprint density at radius 2 is 2.10 bits per heavy atom. The van der Waals surface area contributed by atoms with Gasteiger partial charge in [0.2, 0.25) is 17.6 Å². The molecule has 6 rings (SSSR count). The number of aromatic nitrogens is 2. The van der Waals surface area contributed by atoms with Crippen molar-refractivity contribution in [1.29, 1.82) is 10.7 Å². The fourth-order valence-electron chi connectivity index (χ4n) is 7.58. The molecule has 0 unspecified atom stereocenters. The zero-order valence-corrected chi connectivity index (χ0v) is 29.0. The number of hydrogen-bond donors (Lipinski definition) is 2. The maximum atomic E-state index is 13.1. The van der Waals surface area contributed by atoms with E-state index in [1.54, 1.807) is 19.3 Å². The maximum Gasteiger partial charge on any atom is 0.343 e. The Bertz CT molecular complexity index is 1680. The highest BCUT2D eigenvalue weighted by Gasteiger charge is 2.53. The van der Waals surface area contributed by atoms with Gasteiger partial charge in [-0.25, -0.2) is 4.98 Å². The topological polar surface area (TPSA) is 180 Å². The first-order valence-corrected chi connectivity index (χ1v) is 17.5. The molecule has 2 aliphatic carbocycles. The molecule has 3 atom stereocenters. The molecule has 48 heavy (non-hydrogen) atoms. The van der Waals surface area contributed by atoms with E-state index < -0.39 is 5.41 Å². The molecule has 0 aromatic carbocycles. The lowest BCUT2D eigenvalue weighted by Crippen LogP contribution is -2.57. The Morgan fingerprint density at radius 1 is 1.31 bits per heavy atom. The lowest BCUT2D eigenvalue weighted by molar-refractivity contribution is -0.129. The quantitative estimate of drug-likeness (QED) is 0.175. The molecular weight excluding hydrogens is 630 g/mol. The number of carbonyl (C=O) groups excluding carboxylic acids is 1. The van der Waals surface area contributed by atoms with E-state index in [9.17, 15) is 10.1 Å². The highest BCUT2D eigenvalue weighted by molar-refractivity contribution is 7.16. The first kappa shape index (κ1) is 33.8. The van der Waals surface area contributed by atoms with Gasteiger partial charge < -0.3 is 30.1 Å². The number of nitriles is 1. The van der Waals surface area contributed by atoms with Gasteiger partial charge in [-0.05, 0) is 72.4 Å². The highest BCUT2D eigenvalue weighted by atomic mass is 32.1. The molecule has 13 nitrogen and oxygen atoms in total. The van der Waals surface area contributed by atoms with Gasteiger partial charge in [0, 0.05) is 55.4 Å². The Hall–Kier alpha value is -4.06. The summed E-state index contributed by atoms with van der Waals surface area (Å²) in [6, 6.07) is 4.30. The predicted octanol–water partition coefficient (Wildman–Crippen LogP) is 2.98. The van der Waals surface area contributed by atoms with E-state index >= 15 is 0 Å². The average molecular weight is 677 g/mol. The zero-order valence-electron chi connectivity index (χ0n) is 28.2. The zero-order chi connectivity index (χ0) is 34.2. The van der Waals surface area contributed by atoms with Gasteiger partial charge in [0.05, 0.1) is 17.7 Å². The summed E-state index contributed by atoms with van der Waals surface area (Å²) in [5.41, 5.74) is 6.23. The molecule has 1 spiro atoms. The van der Waals surface area contributed by atoms with E-state index in [4.69, 9.17) is 30.7 Å². The van der Waals surface area contributed by atoms with Gasteiger partial charge in [-0.15, -0.1) is 16.3 Å². The SMILES string of the molecule is COC/C=C\C(=O)N1CCN(c2cc(O[C@@H](C)[C@@H]3CCCN3C)nc(C(=N)N=C([OH2+])[C@@]3(C)CCCc4sc(N)c(C#N)c43)n2)CC12CC2. The number of aliphatic imine (C=N–C) groups is 1. The lowest BCUT2D eigenvalue weighted by atomic mass is 9.72. The van der Waals surface area contributed by atoms with Crippen molar-refractivity contribution in [3.63, 3.8) is 0 Å². The Balaban J connectivity index is 1.31. The summed E-state index contributed by atoms with van der Waals surface area (Å²) in [7, 11) is 3.70. The number of ether oxygens (including phenoxy) is 2. The number of nitrogen functional groups attached to an aromatic ring is 1. The minimum atomic E-state index is -0.865. The van der Waals surface area contributed by atoms with Crippen LogP contribution in [0.15, 0.2) is 23.2 Å². The van der Waals surface area contributed by atoms with E-state index in [0.29, 0.717) is 54.9 Å². The molecule has 0 bridgehead atoms. The lowest BCUT2D eigenvalue weighted by Gasteiger charge is -2.42. The van der Waals surface area contributed by atoms with Crippen LogP contribution in [-0.4, -0.2) is 107 Å². The van der Waals surface area contributed by atoms with Gasteiger partial charge >= 0.3 is 5.90 Å². The highest BCUT2D eigenvalue weighted by Crippen LogP contribution is 2.47. The normalized spacial score (nSPS) is 24.5. The van der Waals surface area contributed by atoms with Crippen LogP contribution in [0.4, 0.5) is 10.8 Å². The number of methoxy groups -OCH3 is 1. The first-order chi connectivity index (χ1) is 23.0. The number of carbonyl (C=O) groups is 1. The van der Waals surface area contributed by atoms with Gasteiger partial charge in [0.15, 0.2) is 5.84 Å². The van der Waals surface area contributed by atoms with Crippen LogP contribution in [0.3, 0.4) is 0 Å². The van der Waals surface area contributed by atoms with Crippen LogP contribution >= 0.6 is 11.3 Å². The van der Waals surface area contributed by atoms with Crippen molar-refractivity contribution in [2.45, 2.75) is 81.9 Å². The molecule has 4 heterocycles. The molecule has 14 heteroatoms. The van der Waals surface area contributed by atoms with Crippen molar-refractivity contribution >= 4 is 39.8 Å². The van der Waals surface area contributed by atoms with Crippen LogP contribution in [-0.2, 0) is 21.4 Å². The number of amides is 1. The Kier molecular flexibility index (Phi) is 9.48. The molecule has 1 saturated carbocycles. The van der Waals surface area contributed by atoms with Crippen molar-refractivity contribution in [2.75, 3.05) is 57.6 Å². The second kappa shape index (κ2) is 13.4. The third kappa shape index (κ3) is 6.38. The first-order valence-electron chi connectivity index (χ1n) is 16.7. The maximum absolute atomic E-state index is 13.1. The van der Waals surface area contributed by atoms with Crippen LogP contribution in [0, 0.1) is 16.7 Å². The predicted molar refractivity (Wildman–Crippen MR) is 186 cm³/mol. The van der Waals surface area contributed by atoms with Gasteiger partial charge in [-0.3, -0.25) is 15.1 Å². The standard InChI is InChI=1S/C34H45N9O4S/c1-21(23-8-6-14-41(23)3)47-26-18-25(42-15-16-43(34(20-42)12-13-34)27(44)10-7-17-46-4)38-31(39-26)29(36)40-32(45)33(2)11-5-9-24-28(33)22(19-35)30(37)48-24/h7,10,18,21,23H,5-6,8-9,11-17,20,37H2,1-4H3,(H2,36,40,45)/p+1/b10-7-/t21-,23-,33-/m0/s1. The van der Waals surface area contributed by atoms with Gasteiger partial charge in [0.25, 0.3) is 0 Å². The molecule has 1 amide bonds. The van der Waals surface area contributed by atoms with Crippen molar-refractivity contribution in [1.82, 2.24) is 19.8 Å². The van der Waals surface area contributed by atoms with Gasteiger partial charge in [-0.2, -0.15) is 10.2 Å². The van der Waals surface area contributed by atoms with Crippen molar-refractivity contribution in [3.8, 4) is 11.9 Å². The average Bonchev–Trinajstić information content (AvgIpc) is 3.52. The van der Waals surface area contributed by atoms with E-state index in [-0.39, 0.29) is 41.1 Å². The largest absolute Gasteiger partial charge is 0.581 e. The number of aryl methyl sites for hydroxylation is 1. The van der Waals surface area contributed by atoms with Crippen LogP contribution in [0.5, 0.6) is 5.88 Å². The monoisotopic (exact) mass is 676 g/mol. The number of nitrogens with one attached hydrogen (secondary N) is 1. The second-order valence-corrected chi connectivity index (χ2v) is 14.8. The molecule has 3 fully saturated rings. The number of anilines is 2. The van der Waals surface area contributed by atoms with Crippen LogP contribution in [0.1, 0.15) is 74.2 Å². The van der Waals surface area contributed by atoms with E-state index in [1.807, 2.05) is 24.8 Å². The third-order valence-electron chi connectivity index (χ3n) is 10.4. The summed E-state index contributed by atoms with van der Waals surface area (Å²) in [4.78, 5) is 34.4. The second-order valence-electron chi connectivity index (χ2n) is 13.6. The molecule has 2 aromatic rings. The molecule has 0 radical (unpaired) electrons. The van der Waals surface area contributed by atoms with Gasteiger partial charge in [-0.1, -0.05) is 6.08 Å². The Labute approximate surface area is 285 Å². The fourth-order valence-corrected chi connectivity index (χ4v) is 8.77. The summed E-state index contributed by atoms with van der Waals surface area (Å²) in [5.74, 6) is 0.733. The van der Waals surface area contributed by atoms with E-state index in [0.717, 1.165) is 55.5 Å². The van der Waals surface area contributed by atoms with Crippen LogP contribution in [0.25, 0.3) is 0 Å². The van der Waals surface area contributed by atoms with Crippen molar-refractivity contribution < 1.29 is 19.4 Å². The molecule has 4 aliphatic rings. The smallest absolute Gasteiger partial charge is 0.343 e. The Morgan fingerprint density at radius 3 is 2.79 bits per heavy atom. The van der Waals surface area contributed by atoms with E-state index in [2.05, 4.69) is 32.9 Å². The summed E-state index contributed by atoms with van der Waals surface area (Å²) in [5, 5.41) is 28.5. The van der Waals surface area contributed by atoms with Gasteiger partial charge in [0.1, 0.15) is 28.4 Å². The van der Waals surface area contributed by atoms with Crippen LogP contribution < -0.4 is 15.4 Å². The number of nitrogens with zero attached hydrogens (tertiary/aromatic N) is 7. The summed E-state index contributed by atoms with van der Waals surface area (Å²) < 4.78 is 11.5. The fraction of sp³-hybridized carbons (Fsp3) is 0.588. The van der Waals surface area contributed by atoms with Crippen molar-refractivity contribution in [2.24, 2.45) is 4.99 Å².